The fourth-order valence-corrected chi connectivity index (χ4v) is 2.58. The largest absolute Gasteiger partial charge is 0.245 e. The molecule has 4 heteroatoms. The molecule has 0 aromatic carbocycles. The van der Waals surface area contributed by atoms with Gasteiger partial charge in [0.15, 0.2) is 0 Å². The molecule has 0 bridgehead atoms. The predicted octanol–water partition coefficient (Wildman–Crippen LogP) is 2.08. The topological polar surface area (TPSA) is 6.48 Å². The van der Waals surface area contributed by atoms with Gasteiger partial charge in [0.2, 0.25) is 0 Å². The molecule has 1 rings (SSSR count). The Morgan fingerprint density at radius 2 is 2.10 bits per heavy atom. The molecule has 0 aliphatic carbocycles. The van der Waals surface area contributed by atoms with Crippen molar-refractivity contribution in [2.45, 2.75) is 19.4 Å². The molecular weight excluding hydrogens is 354 g/mol. The summed E-state index contributed by atoms with van der Waals surface area (Å²) in [6.45, 7) is 5.90. The minimum absolute atomic E-state index is 0.770. The lowest BCUT2D eigenvalue weighted by molar-refractivity contribution is 0.253. The Kier molecular flexibility index (Phi) is 4.18. The van der Waals surface area contributed by atoms with Crippen LogP contribution in [0, 0.1) is 0 Å². The average molecular weight is 366 g/mol. The summed E-state index contributed by atoms with van der Waals surface area (Å²) in [6.07, 6.45) is 1.27. The van der Waals surface area contributed by atoms with Crippen molar-refractivity contribution in [3.63, 3.8) is 0 Å². The summed E-state index contributed by atoms with van der Waals surface area (Å²) >= 11 is 4.84. The molecule has 60 valence electrons. The summed E-state index contributed by atoms with van der Waals surface area (Å²) in [6, 6.07) is 0.770. The van der Waals surface area contributed by atoms with Crippen molar-refractivity contribution in [2.75, 3.05) is 19.6 Å². The molecule has 1 atom stereocenters. The van der Waals surface area contributed by atoms with Crippen molar-refractivity contribution in [1.29, 1.82) is 0 Å². The van der Waals surface area contributed by atoms with E-state index in [0.717, 1.165) is 6.04 Å². The van der Waals surface area contributed by atoms with Gasteiger partial charge >= 0.3 is 0 Å². The Morgan fingerprint density at radius 1 is 1.40 bits per heavy atom. The van der Waals surface area contributed by atoms with Crippen molar-refractivity contribution in [2.24, 2.45) is 0 Å². The molecule has 1 saturated heterocycles. The highest BCUT2D eigenvalue weighted by molar-refractivity contribution is 14.1. The number of nitrogens with zero attached hydrogens (tertiary/aromatic N) is 2. The molecule has 1 aliphatic rings. The zero-order chi connectivity index (χ0) is 7.56. The van der Waals surface area contributed by atoms with Crippen LogP contribution >= 0.6 is 45.7 Å². The minimum atomic E-state index is 0.770. The summed E-state index contributed by atoms with van der Waals surface area (Å²) in [4.78, 5) is 0. The fraction of sp³-hybridized carbons (Fsp3) is 1.00. The van der Waals surface area contributed by atoms with Gasteiger partial charge in [-0.3, -0.25) is 0 Å². The highest BCUT2D eigenvalue weighted by atomic mass is 127. The molecule has 0 spiro atoms. The molecule has 10 heavy (non-hydrogen) atoms. The van der Waals surface area contributed by atoms with Crippen molar-refractivity contribution in [1.82, 2.24) is 6.23 Å². The van der Waals surface area contributed by atoms with Crippen LogP contribution < -0.4 is 0 Å². The van der Waals surface area contributed by atoms with E-state index in [-0.39, 0.29) is 0 Å². The third-order valence-electron chi connectivity index (χ3n) is 1.83. The Morgan fingerprint density at radius 3 is 2.60 bits per heavy atom. The van der Waals surface area contributed by atoms with Crippen molar-refractivity contribution in [3.05, 3.63) is 0 Å². The maximum atomic E-state index is 2.43. The quantitative estimate of drug-likeness (QED) is 0.518. The van der Waals surface area contributed by atoms with Crippen molar-refractivity contribution < 1.29 is 0 Å². The van der Waals surface area contributed by atoms with Gasteiger partial charge in [0.25, 0.3) is 0 Å². The van der Waals surface area contributed by atoms with E-state index in [4.69, 9.17) is 0 Å². The van der Waals surface area contributed by atoms with Gasteiger partial charge in [0, 0.05) is 71.4 Å². The van der Waals surface area contributed by atoms with E-state index < -0.39 is 0 Å². The third-order valence-corrected chi connectivity index (χ3v) is 3.98. The van der Waals surface area contributed by atoms with Crippen LogP contribution in [0.25, 0.3) is 0 Å². The molecular formula is C6H12I2N2. The van der Waals surface area contributed by atoms with Gasteiger partial charge in [-0.25, -0.2) is 6.23 Å². The molecule has 1 heterocycles. The molecule has 0 amide bonds. The summed E-state index contributed by atoms with van der Waals surface area (Å²) < 4.78 is 4.80. The van der Waals surface area contributed by atoms with Gasteiger partial charge in [-0.1, -0.05) is 6.92 Å². The molecule has 0 aromatic heterocycles. The fourth-order valence-electron chi connectivity index (χ4n) is 1.12. The van der Waals surface area contributed by atoms with Gasteiger partial charge < -0.3 is 0 Å². The lowest BCUT2D eigenvalue weighted by Gasteiger charge is -2.34. The van der Waals surface area contributed by atoms with E-state index in [1.807, 2.05) is 0 Å². The minimum Gasteiger partial charge on any atom is -0.245 e. The molecule has 1 fully saturated rings. The molecule has 0 saturated carbocycles. The molecule has 0 aromatic rings. The normalized spacial score (nSPS) is 30.9. The predicted molar refractivity (Wildman–Crippen MR) is 60.4 cm³/mol. The Balaban J connectivity index is 2.38. The number of halogens is 2. The summed E-state index contributed by atoms with van der Waals surface area (Å²) in [5.41, 5.74) is 0. The summed E-state index contributed by atoms with van der Waals surface area (Å²) in [5, 5.41) is 0. The Hall–Kier alpha value is 1.38. The zero-order valence-electron chi connectivity index (χ0n) is 6.06. The average Bonchev–Trinajstić information content (AvgIpc) is 1.94. The van der Waals surface area contributed by atoms with E-state index in [1.54, 1.807) is 0 Å². The Bertz CT molecular complexity index is 110. The molecule has 0 radical (unpaired) electrons. The Labute approximate surface area is 90.3 Å². The molecule has 0 N–H and O–H groups in total. The monoisotopic (exact) mass is 366 g/mol. The number of rotatable bonds is 1. The third kappa shape index (κ3) is 2.46. The zero-order valence-corrected chi connectivity index (χ0v) is 10.4. The first-order valence-electron chi connectivity index (χ1n) is 3.57. The van der Waals surface area contributed by atoms with E-state index in [0.29, 0.717) is 0 Å². The SMILES string of the molecule is CC[C@H]1CN(I)CCN1I. The van der Waals surface area contributed by atoms with Crippen LogP contribution in [0.1, 0.15) is 13.3 Å². The standard InChI is InChI=1S/C6H12I2N2/c1-2-6-5-9(7)3-4-10(6)8/h6H,2-5H2,1H3/t6-/m0/s1. The second-order valence-electron chi connectivity index (χ2n) is 2.55. The first kappa shape index (κ1) is 9.47. The molecule has 1 aliphatic heterocycles. The first-order chi connectivity index (χ1) is 4.74. The number of piperazine rings is 1. The van der Waals surface area contributed by atoms with E-state index in [9.17, 15) is 0 Å². The van der Waals surface area contributed by atoms with Gasteiger partial charge in [-0.05, 0) is 6.42 Å². The lowest BCUT2D eigenvalue weighted by atomic mass is 10.2. The maximum absolute atomic E-state index is 2.43. The summed E-state index contributed by atoms with van der Waals surface area (Å²) in [7, 11) is 0. The summed E-state index contributed by atoms with van der Waals surface area (Å²) in [5.74, 6) is 0. The smallest absolute Gasteiger partial charge is 0.0327 e. The second-order valence-corrected chi connectivity index (χ2v) is 5.16. The van der Waals surface area contributed by atoms with E-state index in [1.165, 1.54) is 26.1 Å². The van der Waals surface area contributed by atoms with Crippen LogP contribution in [0.4, 0.5) is 0 Å². The highest BCUT2D eigenvalue weighted by Crippen LogP contribution is 2.18. The van der Waals surface area contributed by atoms with E-state index >= 15 is 0 Å². The van der Waals surface area contributed by atoms with Crippen LogP contribution in [0.5, 0.6) is 0 Å². The highest BCUT2D eigenvalue weighted by Gasteiger charge is 2.21. The van der Waals surface area contributed by atoms with Crippen LogP contribution in [-0.2, 0) is 0 Å². The van der Waals surface area contributed by atoms with Gasteiger partial charge in [0.05, 0.1) is 0 Å². The van der Waals surface area contributed by atoms with Gasteiger partial charge in [0.1, 0.15) is 0 Å². The molecule has 2 nitrogen and oxygen atoms in total. The van der Waals surface area contributed by atoms with Crippen LogP contribution in [-0.4, -0.2) is 31.9 Å². The number of hydrogen-bond acceptors (Lipinski definition) is 2. The van der Waals surface area contributed by atoms with Gasteiger partial charge in [-0.15, -0.1) is 0 Å². The number of hydrogen-bond donors (Lipinski definition) is 0. The van der Waals surface area contributed by atoms with Crippen LogP contribution in [0.3, 0.4) is 0 Å². The van der Waals surface area contributed by atoms with Gasteiger partial charge in [-0.2, -0.15) is 0 Å². The van der Waals surface area contributed by atoms with E-state index in [2.05, 4.69) is 58.9 Å². The van der Waals surface area contributed by atoms with Crippen LogP contribution in [0.15, 0.2) is 0 Å². The van der Waals surface area contributed by atoms with Crippen molar-refractivity contribution in [3.8, 4) is 0 Å². The second kappa shape index (κ2) is 4.42. The maximum Gasteiger partial charge on any atom is 0.0327 e. The molecule has 0 unspecified atom stereocenters. The van der Waals surface area contributed by atoms with Crippen LogP contribution in [0.2, 0.25) is 0 Å². The first-order valence-corrected chi connectivity index (χ1v) is 5.50. The lowest BCUT2D eigenvalue weighted by Crippen LogP contribution is -2.44. The van der Waals surface area contributed by atoms with Crippen molar-refractivity contribution >= 4 is 45.7 Å².